The van der Waals surface area contributed by atoms with Gasteiger partial charge in [0.25, 0.3) is 11.6 Å². The van der Waals surface area contributed by atoms with Crippen LogP contribution in [0.5, 0.6) is 0 Å². The normalized spacial score (nSPS) is 10.4. The number of para-hydroxylation sites is 1. The number of nitro benzene ring substituents is 1. The van der Waals surface area contributed by atoms with Gasteiger partial charge in [-0.05, 0) is 24.3 Å². The Hall–Kier alpha value is -3.75. The highest BCUT2D eigenvalue weighted by Gasteiger charge is 2.14. The van der Waals surface area contributed by atoms with Gasteiger partial charge in [-0.3, -0.25) is 30.6 Å². The first kappa shape index (κ1) is 16.1. The number of hydrogen-bond acceptors (Lipinski definition) is 6. The van der Waals surface area contributed by atoms with Gasteiger partial charge in [0.05, 0.1) is 11.3 Å². The lowest BCUT2D eigenvalue weighted by atomic mass is 10.2. The number of rotatable bonds is 4. The van der Waals surface area contributed by atoms with Crippen LogP contribution in [0.25, 0.3) is 11.0 Å². The van der Waals surface area contributed by atoms with Crippen molar-refractivity contribution < 1.29 is 19.0 Å². The van der Waals surface area contributed by atoms with Gasteiger partial charge in [0.15, 0.2) is 5.58 Å². The van der Waals surface area contributed by atoms with Crippen molar-refractivity contribution in [3.8, 4) is 0 Å². The van der Waals surface area contributed by atoms with Gasteiger partial charge in [0, 0.05) is 23.1 Å². The van der Waals surface area contributed by atoms with Crippen LogP contribution in [0, 0.1) is 10.1 Å². The maximum absolute atomic E-state index is 11.9. The maximum Gasteiger partial charge on any atom is 0.269 e. The molecule has 0 aliphatic rings. The molecule has 1 aromatic heterocycles. The SMILES string of the molecule is O=C(Cc1noc2ccccc12)NNC(=O)c1ccc([N+](=O)[O-])cc1. The standard InChI is InChI=1S/C16H12N4O5/c21-15(9-13-12-3-1-2-4-14(12)25-19-13)17-18-16(22)10-5-7-11(8-6-10)20(23)24/h1-8H,9H2,(H,17,21)(H,18,22). The number of benzene rings is 2. The lowest BCUT2D eigenvalue weighted by Gasteiger charge is -2.06. The zero-order valence-electron chi connectivity index (χ0n) is 12.8. The summed E-state index contributed by atoms with van der Waals surface area (Å²) in [6.07, 6.45) is -0.0719. The van der Waals surface area contributed by atoms with Gasteiger partial charge in [-0.2, -0.15) is 0 Å². The number of hydrazine groups is 1. The Kier molecular flexibility index (Phi) is 4.38. The molecule has 2 N–H and O–H groups in total. The highest BCUT2D eigenvalue weighted by Crippen LogP contribution is 2.18. The van der Waals surface area contributed by atoms with Gasteiger partial charge in [-0.25, -0.2) is 0 Å². The monoisotopic (exact) mass is 340 g/mol. The summed E-state index contributed by atoms with van der Waals surface area (Å²) >= 11 is 0. The number of non-ortho nitro benzene ring substituents is 1. The van der Waals surface area contributed by atoms with Crippen LogP contribution in [0.15, 0.2) is 53.1 Å². The van der Waals surface area contributed by atoms with Crippen molar-refractivity contribution in [1.82, 2.24) is 16.0 Å². The van der Waals surface area contributed by atoms with Gasteiger partial charge < -0.3 is 4.52 Å². The van der Waals surface area contributed by atoms with Crippen LogP contribution >= 0.6 is 0 Å². The summed E-state index contributed by atoms with van der Waals surface area (Å²) < 4.78 is 5.10. The van der Waals surface area contributed by atoms with Crippen molar-refractivity contribution in [1.29, 1.82) is 0 Å². The third-order valence-electron chi connectivity index (χ3n) is 3.44. The fourth-order valence-electron chi connectivity index (χ4n) is 2.20. The van der Waals surface area contributed by atoms with E-state index in [1.807, 2.05) is 0 Å². The Labute approximate surface area is 140 Å². The van der Waals surface area contributed by atoms with Crippen LogP contribution < -0.4 is 10.9 Å². The molecule has 126 valence electrons. The molecule has 3 aromatic rings. The summed E-state index contributed by atoms with van der Waals surface area (Å²) in [5.74, 6) is -1.07. The number of aromatic nitrogens is 1. The van der Waals surface area contributed by atoms with Crippen molar-refractivity contribution in [2.45, 2.75) is 6.42 Å². The lowest BCUT2D eigenvalue weighted by molar-refractivity contribution is -0.384. The number of fused-ring (bicyclic) bond motifs is 1. The zero-order valence-corrected chi connectivity index (χ0v) is 12.8. The quantitative estimate of drug-likeness (QED) is 0.550. The Morgan fingerprint density at radius 3 is 2.52 bits per heavy atom. The molecule has 0 aliphatic heterocycles. The molecule has 0 unspecified atom stereocenters. The Morgan fingerprint density at radius 1 is 1.08 bits per heavy atom. The van der Waals surface area contributed by atoms with Crippen LogP contribution in [0.1, 0.15) is 16.1 Å². The number of carbonyl (C=O) groups excluding carboxylic acids is 2. The number of amides is 2. The fraction of sp³-hybridized carbons (Fsp3) is 0.0625. The number of hydrogen-bond donors (Lipinski definition) is 2. The van der Waals surface area contributed by atoms with E-state index in [4.69, 9.17) is 4.52 Å². The largest absolute Gasteiger partial charge is 0.356 e. The summed E-state index contributed by atoms with van der Waals surface area (Å²) in [4.78, 5) is 33.9. The second-order valence-corrected chi connectivity index (χ2v) is 5.11. The highest BCUT2D eigenvalue weighted by molar-refractivity contribution is 5.96. The second-order valence-electron chi connectivity index (χ2n) is 5.11. The molecule has 9 nitrogen and oxygen atoms in total. The summed E-state index contributed by atoms with van der Waals surface area (Å²) in [5.41, 5.74) is 5.59. The van der Waals surface area contributed by atoms with Gasteiger partial charge in [-0.15, -0.1) is 0 Å². The van der Waals surface area contributed by atoms with Crippen molar-refractivity contribution in [2.75, 3.05) is 0 Å². The van der Waals surface area contributed by atoms with E-state index in [0.717, 1.165) is 5.39 Å². The van der Waals surface area contributed by atoms with E-state index in [0.29, 0.717) is 11.3 Å². The summed E-state index contributed by atoms with van der Waals surface area (Å²) in [6, 6.07) is 12.1. The van der Waals surface area contributed by atoms with E-state index in [1.165, 1.54) is 24.3 Å². The molecule has 0 aliphatic carbocycles. The van der Waals surface area contributed by atoms with E-state index in [-0.39, 0.29) is 17.7 Å². The first-order valence-corrected chi connectivity index (χ1v) is 7.21. The predicted octanol–water partition coefficient (Wildman–Crippen LogP) is 1.74. The average molecular weight is 340 g/mol. The summed E-state index contributed by atoms with van der Waals surface area (Å²) in [6.45, 7) is 0. The predicted molar refractivity (Wildman–Crippen MR) is 86.4 cm³/mol. The zero-order chi connectivity index (χ0) is 17.8. The Bertz CT molecular complexity index is 949. The third-order valence-corrected chi connectivity index (χ3v) is 3.44. The minimum atomic E-state index is -0.590. The van der Waals surface area contributed by atoms with Gasteiger partial charge in [0.1, 0.15) is 5.69 Å². The topological polar surface area (TPSA) is 127 Å². The maximum atomic E-state index is 11.9. The molecule has 2 amide bonds. The molecule has 0 fully saturated rings. The van der Waals surface area contributed by atoms with E-state index < -0.39 is 16.7 Å². The van der Waals surface area contributed by atoms with Crippen LogP contribution in [0.4, 0.5) is 5.69 Å². The molecule has 9 heteroatoms. The smallest absolute Gasteiger partial charge is 0.269 e. The number of nitro groups is 1. The van der Waals surface area contributed by atoms with Gasteiger partial charge in [-0.1, -0.05) is 17.3 Å². The molecular formula is C16H12N4O5. The number of carbonyl (C=O) groups is 2. The average Bonchev–Trinajstić information content (AvgIpc) is 3.03. The lowest BCUT2D eigenvalue weighted by Crippen LogP contribution is -2.42. The molecule has 1 heterocycles. The molecule has 0 saturated carbocycles. The third kappa shape index (κ3) is 3.61. The number of nitrogens with one attached hydrogen (secondary N) is 2. The van der Waals surface area contributed by atoms with Crippen molar-refractivity contribution in [3.05, 3.63) is 69.9 Å². The minimum absolute atomic E-state index is 0.0719. The Morgan fingerprint density at radius 2 is 1.80 bits per heavy atom. The summed E-state index contributed by atoms with van der Waals surface area (Å²) in [7, 11) is 0. The molecule has 0 bridgehead atoms. The molecule has 25 heavy (non-hydrogen) atoms. The number of nitrogens with zero attached hydrogens (tertiary/aromatic N) is 2. The van der Waals surface area contributed by atoms with Gasteiger partial charge in [0.2, 0.25) is 5.91 Å². The van der Waals surface area contributed by atoms with E-state index >= 15 is 0 Å². The fourth-order valence-corrected chi connectivity index (χ4v) is 2.20. The van der Waals surface area contributed by atoms with Crippen molar-refractivity contribution >= 4 is 28.5 Å². The molecule has 3 rings (SSSR count). The molecule has 0 saturated heterocycles. The van der Waals surface area contributed by atoms with Crippen LogP contribution in [-0.4, -0.2) is 21.9 Å². The molecule has 0 atom stereocenters. The van der Waals surface area contributed by atoms with Crippen molar-refractivity contribution in [2.24, 2.45) is 0 Å². The van der Waals surface area contributed by atoms with Gasteiger partial charge >= 0.3 is 0 Å². The molecule has 0 spiro atoms. The second kappa shape index (κ2) is 6.79. The van der Waals surface area contributed by atoms with Crippen LogP contribution in [-0.2, 0) is 11.2 Å². The Balaban J connectivity index is 1.58. The van der Waals surface area contributed by atoms with E-state index in [9.17, 15) is 19.7 Å². The first-order valence-electron chi connectivity index (χ1n) is 7.21. The molecule has 2 aromatic carbocycles. The molecular weight excluding hydrogens is 328 g/mol. The van der Waals surface area contributed by atoms with Crippen LogP contribution in [0.3, 0.4) is 0 Å². The van der Waals surface area contributed by atoms with Crippen molar-refractivity contribution in [3.63, 3.8) is 0 Å². The molecule has 0 radical (unpaired) electrons. The summed E-state index contributed by atoms with van der Waals surface area (Å²) in [5, 5.41) is 15.1. The van der Waals surface area contributed by atoms with Crippen LogP contribution in [0.2, 0.25) is 0 Å². The minimum Gasteiger partial charge on any atom is -0.356 e. The van der Waals surface area contributed by atoms with E-state index in [1.54, 1.807) is 24.3 Å². The van der Waals surface area contributed by atoms with E-state index in [2.05, 4.69) is 16.0 Å². The highest BCUT2D eigenvalue weighted by atomic mass is 16.6. The first-order chi connectivity index (χ1) is 12.0.